The van der Waals surface area contributed by atoms with E-state index in [1.54, 1.807) is 11.6 Å². The molecule has 22 heavy (non-hydrogen) atoms. The van der Waals surface area contributed by atoms with Crippen molar-refractivity contribution in [3.63, 3.8) is 0 Å². The Labute approximate surface area is 129 Å². The van der Waals surface area contributed by atoms with Crippen molar-refractivity contribution in [2.45, 2.75) is 26.7 Å². The van der Waals surface area contributed by atoms with Gasteiger partial charge in [0.2, 0.25) is 0 Å². The van der Waals surface area contributed by atoms with Crippen molar-refractivity contribution >= 4 is 11.7 Å². The van der Waals surface area contributed by atoms with E-state index < -0.39 is 11.7 Å². The van der Waals surface area contributed by atoms with Crippen molar-refractivity contribution in [2.75, 3.05) is 6.54 Å². The monoisotopic (exact) mass is 297 g/mol. The number of rotatable bonds is 5. The summed E-state index contributed by atoms with van der Waals surface area (Å²) >= 11 is 0. The molecule has 0 radical (unpaired) electrons. The minimum Gasteiger partial charge on any atom is -0.349 e. The SMILES string of the molecule is Cc1nn(-c2ccccc2)c(C)c1C(=O)C(=O)NCC1CC1. The largest absolute Gasteiger partial charge is 0.349 e. The average molecular weight is 297 g/mol. The molecule has 1 aliphatic carbocycles. The molecule has 114 valence electrons. The molecule has 5 heteroatoms. The molecule has 0 saturated heterocycles. The summed E-state index contributed by atoms with van der Waals surface area (Å²) < 4.78 is 1.71. The molecule has 1 aromatic carbocycles. The van der Waals surface area contributed by atoms with E-state index in [1.165, 1.54) is 0 Å². The number of Topliss-reactive ketones (excluding diaryl/α,β-unsaturated/α-hetero) is 1. The molecular formula is C17H19N3O2. The molecule has 2 aromatic rings. The van der Waals surface area contributed by atoms with Gasteiger partial charge in [0.05, 0.1) is 22.6 Å². The number of ketones is 1. The van der Waals surface area contributed by atoms with Gasteiger partial charge in [-0.2, -0.15) is 5.10 Å². The highest BCUT2D eigenvalue weighted by atomic mass is 16.2. The zero-order valence-corrected chi connectivity index (χ0v) is 12.8. The summed E-state index contributed by atoms with van der Waals surface area (Å²) in [5.74, 6) is -0.491. The quantitative estimate of drug-likeness (QED) is 0.679. The first-order valence-electron chi connectivity index (χ1n) is 7.52. The lowest BCUT2D eigenvalue weighted by Gasteiger charge is -2.05. The number of benzene rings is 1. The van der Waals surface area contributed by atoms with Crippen molar-refractivity contribution in [2.24, 2.45) is 5.92 Å². The van der Waals surface area contributed by atoms with Crippen LogP contribution in [0, 0.1) is 19.8 Å². The number of aromatic nitrogens is 2. The second-order valence-corrected chi connectivity index (χ2v) is 5.78. The maximum absolute atomic E-state index is 12.4. The van der Waals surface area contributed by atoms with E-state index in [4.69, 9.17) is 0 Å². The van der Waals surface area contributed by atoms with Gasteiger partial charge in [-0.05, 0) is 44.7 Å². The van der Waals surface area contributed by atoms with Crippen LogP contribution in [-0.4, -0.2) is 28.0 Å². The fourth-order valence-electron chi connectivity index (χ4n) is 2.54. The highest BCUT2D eigenvalue weighted by Gasteiger charge is 2.27. The Morgan fingerprint density at radius 2 is 1.91 bits per heavy atom. The van der Waals surface area contributed by atoms with Gasteiger partial charge in [0, 0.05) is 6.54 Å². The number of nitrogens with one attached hydrogen (secondary N) is 1. The lowest BCUT2D eigenvalue weighted by Crippen LogP contribution is -2.33. The summed E-state index contributed by atoms with van der Waals surface area (Å²) in [7, 11) is 0. The van der Waals surface area contributed by atoms with Crippen LogP contribution >= 0.6 is 0 Å². The summed E-state index contributed by atoms with van der Waals surface area (Å²) in [5, 5.41) is 7.13. The number of hydrogen-bond acceptors (Lipinski definition) is 3. The molecular weight excluding hydrogens is 278 g/mol. The second-order valence-electron chi connectivity index (χ2n) is 5.78. The van der Waals surface area contributed by atoms with Gasteiger partial charge < -0.3 is 5.32 Å². The van der Waals surface area contributed by atoms with Gasteiger partial charge in [0.15, 0.2) is 0 Å². The first-order valence-corrected chi connectivity index (χ1v) is 7.52. The minimum absolute atomic E-state index is 0.400. The molecule has 0 spiro atoms. The summed E-state index contributed by atoms with van der Waals surface area (Å²) in [5.41, 5.74) is 2.54. The number of carbonyl (C=O) groups is 2. The van der Waals surface area contributed by atoms with Crippen molar-refractivity contribution in [1.82, 2.24) is 15.1 Å². The van der Waals surface area contributed by atoms with Crippen LogP contribution in [0.1, 0.15) is 34.6 Å². The number of amides is 1. The highest BCUT2D eigenvalue weighted by molar-refractivity contribution is 6.43. The van der Waals surface area contributed by atoms with Gasteiger partial charge in [0.1, 0.15) is 0 Å². The summed E-state index contributed by atoms with van der Waals surface area (Å²) in [6, 6.07) is 9.58. The molecule has 0 aliphatic heterocycles. The first-order chi connectivity index (χ1) is 10.6. The summed E-state index contributed by atoms with van der Waals surface area (Å²) in [6.45, 7) is 4.16. The molecule has 5 nitrogen and oxygen atoms in total. The average Bonchev–Trinajstić information content (AvgIpc) is 3.30. The topological polar surface area (TPSA) is 64.0 Å². The fraction of sp³-hybridized carbons (Fsp3) is 0.353. The van der Waals surface area contributed by atoms with E-state index in [9.17, 15) is 9.59 Å². The number of aryl methyl sites for hydroxylation is 1. The van der Waals surface area contributed by atoms with E-state index in [2.05, 4.69) is 10.4 Å². The number of para-hydroxylation sites is 1. The van der Waals surface area contributed by atoms with Crippen LogP contribution in [0.3, 0.4) is 0 Å². The number of carbonyl (C=O) groups excluding carboxylic acids is 2. The predicted octanol–water partition coefficient (Wildman–Crippen LogP) is 2.20. The Bertz CT molecular complexity index is 715. The first kappa shape index (κ1) is 14.5. The molecule has 3 rings (SSSR count). The fourth-order valence-corrected chi connectivity index (χ4v) is 2.54. The third kappa shape index (κ3) is 2.79. The Balaban J connectivity index is 1.85. The standard InChI is InChI=1S/C17H19N3O2/c1-11-15(16(21)17(22)18-10-13-8-9-13)12(2)20(19-11)14-6-4-3-5-7-14/h3-7,13H,8-10H2,1-2H3,(H,18,22). The Morgan fingerprint density at radius 3 is 2.55 bits per heavy atom. The van der Waals surface area contributed by atoms with E-state index in [-0.39, 0.29) is 0 Å². The highest BCUT2D eigenvalue weighted by Crippen LogP contribution is 2.27. The van der Waals surface area contributed by atoms with Gasteiger partial charge in [0.25, 0.3) is 11.7 Å². The van der Waals surface area contributed by atoms with Gasteiger partial charge in [-0.1, -0.05) is 18.2 Å². The lowest BCUT2D eigenvalue weighted by molar-refractivity contribution is -0.117. The Hall–Kier alpha value is -2.43. The van der Waals surface area contributed by atoms with Crippen molar-refractivity contribution < 1.29 is 9.59 Å². The van der Waals surface area contributed by atoms with E-state index in [0.717, 1.165) is 18.5 Å². The van der Waals surface area contributed by atoms with Gasteiger partial charge in [-0.25, -0.2) is 4.68 Å². The van der Waals surface area contributed by atoms with Crippen LogP contribution in [0.15, 0.2) is 30.3 Å². The zero-order chi connectivity index (χ0) is 15.7. The third-order valence-corrected chi connectivity index (χ3v) is 3.97. The Morgan fingerprint density at radius 1 is 1.23 bits per heavy atom. The molecule has 1 saturated carbocycles. The molecule has 1 aromatic heterocycles. The normalized spacial score (nSPS) is 13.9. The minimum atomic E-state index is -0.536. The van der Waals surface area contributed by atoms with Crippen LogP contribution in [0.25, 0.3) is 5.69 Å². The van der Waals surface area contributed by atoms with Crippen LogP contribution in [-0.2, 0) is 4.79 Å². The molecule has 0 atom stereocenters. The van der Waals surface area contributed by atoms with E-state index >= 15 is 0 Å². The number of nitrogens with zero attached hydrogens (tertiary/aromatic N) is 2. The zero-order valence-electron chi connectivity index (χ0n) is 12.8. The van der Waals surface area contributed by atoms with Crippen LogP contribution < -0.4 is 5.32 Å². The third-order valence-electron chi connectivity index (χ3n) is 3.97. The maximum atomic E-state index is 12.4. The molecule has 1 heterocycles. The van der Waals surface area contributed by atoms with Crippen molar-refractivity contribution in [3.05, 3.63) is 47.3 Å². The molecule has 1 amide bonds. The van der Waals surface area contributed by atoms with Crippen molar-refractivity contribution in [1.29, 1.82) is 0 Å². The van der Waals surface area contributed by atoms with Gasteiger partial charge >= 0.3 is 0 Å². The van der Waals surface area contributed by atoms with Gasteiger partial charge in [-0.15, -0.1) is 0 Å². The van der Waals surface area contributed by atoms with Crippen LogP contribution in [0.2, 0.25) is 0 Å². The second kappa shape index (κ2) is 5.75. The molecule has 0 bridgehead atoms. The maximum Gasteiger partial charge on any atom is 0.292 e. The lowest BCUT2D eigenvalue weighted by atomic mass is 10.1. The van der Waals surface area contributed by atoms with E-state index in [0.29, 0.717) is 29.4 Å². The number of hydrogen-bond donors (Lipinski definition) is 1. The molecule has 1 N–H and O–H groups in total. The smallest absolute Gasteiger partial charge is 0.292 e. The Kier molecular flexibility index (Phi) is 3.79. The van der Waals surface area contributed by atoms with Crippen molar-refractivity contribution in [3.8, 4) is 5.69 Å². The predicted molar refractivity (Wildman–Crippen MR) is 83.1 cm³/mol. The van der Waals surface area contributed by atoms with Crippen LogP contribution in [0.5, 0.6) is 0 Å². The molecule has 0 unspecified atom stereocenters. The molecule has 1 aliphatic rings. The van der Waals surface area contributed by atoms with Crippen LogP contribution in [0.4, 0.5) is 0 Å². The van der Waals surface area contributed by atoms with Gasteiger partial charge in [-0.3, -0.25) is 9.59 Å². The summed E-state index contributed by atoms with van der Waals surface area (Å²) in [4.78, 5) is 24.4. The summed E-state index contributed by atoms with van der Waals surface area (Å²) in [6.07, 6.45) is 2.27. The molecule has 1 fully saturated rings. The van der Waals surface area contributed by atoms with E-state index in [1.807, 2.05) is 37.3 Å².